The maximum absolute atomic E-state index is 12.3. The lowest BCUT2D eigenvalue weighted by Crippen LogP contribution is -2.11. The van der Waals surface area contributed by atoms with Crippen molar-refractivity contribution in [1.82, 2.24) is 0 Å². The molecular formula is C19H17NO4. The van der Waals surface area contributed by atoms with E-state index >= 15 is 0 Å². The van der Waals surface area contributed by atoms with Gasteiger partial charge in [0.25, 0.3) is 5.91 Å². The Hall–Kier alpha value is -3.08. The van der Waals surface area contributed by atoms with Crippen molar-refractivity contribution in [3.05, 3.63) is 65.4 Å². The molecule has 0 saturated heterocycles. The molecule has 2 aromatic carbocycles. The molecule has 0 spiro atoms. The van der Waals surface area contributed by atoms with E-state index in [2.05, 4.69) is 5.32 Å². The Morgan fingerprint density at radius 2 is 1.83 bits per heavy atom. The van der Waals surface area contributed by atoms with Crippen LogP contribution in [0.3, 0.4) is 0 Å². The lowest BCUT2D eigenvalue weighted by atomic mass is 10.2. The molecule has 0 aliphatic rings. The Morgan fingerprint density at radius 3 is 2.54 bits per heavy atom. The summed E-state index contributed by atoms with van der Waals surface area (Å²) < 4.78 is 10.5. The molecule has 0 bridgehead atoms. The molecule has 5 heteroatoms. The number of aryl methyl sites for hydroxylation is 1. The van der Waals surface area contributed by atoms with Crippen molar-refractivity contribution in [2.45, 2.75) is 13.8 Å². The molecule has 0 saturated carbocycles. The maximum atomic E-state index is 12.3. The molecule has 1 heterocycles. The van der Waals surface area contributed by atoms with Gasteiger partial charge in [0.1, 0.15) is 5.58 Å². The second kappa shape index (κ2) is 6.58. The molecule has 3 rings (SSSR count). The number of esters is 1. The molecule has 0 aliphatic heterocycles. The van der Waals surface area contributed by atoms with Gasteiger partial charge in [0.2, 0.25) is 0 Å². The number of ether oxygens (including phenoxy) is 1. The first kappa shape index (κ1) is 15.8. The van der Waals surface area contributed by atoms with Gasteiger partial charge in [-0.2, -0.15) is 0 Å². The number of carbonyl (C=O) groups is 2. The molecule has 0 atom stereocenters. The van der Waals surface area contributed by atoms with Gasteiger partial charge in [-0.25, -0.2) is 4.79 Å². The SMILES string of the molecule is CCOC(=O)c1ccc(NC(=O)c2cc3ccc(C)cc3o2)cc1. The van der Waals surface area contributed by atoms with Crippen LogP contribution in [-0.4, -0.2) is 18.5 Å². The van der Waals surface area contributed by atoms with Crippen LogP contribution in [0.25, 0.3) is 11.0 Å². The minimum Gasteiger partial charge on any atom is -0.462 e. The van der Waals surface area contributed by atoms with Crippen molar-refractivity contribution in [3.8, 4) is 0 Å². The normalized spacial score (nSPS) is 10.6. The largest absolute Gasteiger partial charge is 0.462 e. The van der Waals surface area contributed by atoms with Gasteiger partial charge in [-0.15, -0.1) is 0 Å². The summed E-state index contributed by atoms with van der Waals surface area (Å²) in [6.07, 6.45) is 0. The van der Waals surface area contributed by atoms with E-state index in [1.54, 1.807) is 37.3 Å². The first-order valence-electron chi connectivity index (χ1n) is 7.65. The summed E-state index contributed by atoms with van der Waals surface area (Å²) in [5.41, 5.74) is 2.76. The Bertz CT molecular complexity index is 893. The number of hydrogen-bond donors (Lipinski definition) is 1. The van der Waals surface area contributed by atoms with Gasteiger partial charge in [0.15, 0.2) is 5.76 Å². The monoisotopic (exact) mass is 323 g/mol. The maximum Gasteiger partial charge on any atom is 0.338 e. The number of hydrogen-bond acceptors (Lipinski definition) is 4. The first-order chi connectivity index (χ1) is 11.6. The van der Waals surface area contributed by atoms with Crippen LogP contribution >= 0.6 is 0 Å². The van der Waals surface area contributed by atoms with Gasteiger partial charge in [-0.3, -0.25) is 4.79 Å². The predicted molar refractivity (Wildman–Crippen MR) is 91.3 cm³/mol. The number of rotatable bonds is 4. The van der Waals surface area contributed by atoms with Gasteiger partial charge in [0.05, 0.1) is 12.2 Å². The molecule has 0 unspecified atom stereocenters. The molecule has 1 aromatic heterocycles. The van der Waals surface area contributed by atoms with E-state index in [-0.39, 0.29) is 17.6 Å². The van der Waals surface area contributed by atoms with Gasteiger partial charge in [0, 0.05) is 11.1 Å². The minimum absolute atomic E-state index is 0.241. The highest BCUT2D eigenvalue weighted by Crippen LogP contribution is 2.21. The van der Waals surface area contributed by atoms with Gasteiger partial charge in [-0.1, -0.05) is 12.1 Å². The summed E-state index contributed by atoms with van der Waals surface area (Å²) in [4.78, 5) is 23.9. The molecule has 0 fully saturated rings. The highest BCUT2D eigenvalue weighted by molar-refractivity contribution is 6.04. The fourth-order valence-corrected chi connectivity index (χ4v) is 2.35. The highest BCUT2D eigenvalue weighted by Gasteiger charge is 2.13. The second-order valence-corrected chi connectivity index (χ2v) is 5.40. The fraction of sp³-hybridized carbons (Fsp3) is 0.158. The van der Waals surface area contributed by atoms with E-state index in [9.17, 15) is 9.59 Å². The van der Waals surface area contributed by atoms with Crippen LogP contribution in [0.1, 0.15) is 33.4 Å². The molecule has 1 N–H and O–H groups in total. The van der Waals surface area contributed by atoms with Crippen LogP contribution in [0.4, 0.5) is 5.69 Å². The quantitative estimate of drug-likeness (QED) is 0.732. The Labute approximate surface area is 139 Å². The Balaban J connectivity index is 1.74. The zero-order valence-corrected chi connectivity index (χ0v) is 13.5. The average Bonchev–Trinajstić information content (AvgIpc) is 2.99. The van der Waals surface area contributed by atoms with Gasteiger partial charge in [-0.05, 0) is 55.8 Å². The number of fused-ring (bicyclic) bond motifs is 1. The summed E-state index contributed by atoms with van der Waals surface area (Å²) in [7, 11) is 0. The van der Waals surface area contributed by atoms with Crippen molar-refractivity contribution in [2.75, 3.05) is 11.9 Å². The lowest BCUT2D eigenvalue weighted by Gasteiger charge is -2.05. The van der Waals surface area contributed by atoms with E-state index in [4.69, 9.17) is 9.15 Å². The van der Waals surface area contributed by atoms with Crippen LogP contribution in [0.2, 0.25) is 0 Å². The summed E-state index contributed by atoms with van der Waals surface area (Å²) in [5.74, 6) is -0.485. The highest BCUT2D eigenvalue weighted by atomic mass is 16.5. The summed E-state index contributed by atoms with van der Waals surface area (Å²) in [6, 6.07) is 14.0. The minimum atomic E-state index is -0.386. The van der Waals surface area contributed by atoms with Crippen LogP contribution in [-0.2, 0) is 4.74 Å². The predicted octanol–water partition coefficient (Wildman–Crippen LogP) is 4.17. The Kier molecular flexibility index (Phi) is 4.33. The third kappa shape index (κ3) is 3.30. The van der Waals surface area contributed by atoms with Crippen LogP contribution in [0.5, 0.6) is 0 Å². The van der Waals surface area contributed by atoms with Crippen LogP contribution in [0.15, 0.2) is 52.9 Å². The molecule has 24 heavy (non-hydrogen) atoms. The molecule has 1 amide bonds. The number of nitrogens with one attached hydrogen (secondary N) is 1. The van der Waals surface area contributed by atoms with E-state index < -0.39 is 0 Å². The Morgan fingerprint density at radius 1 is 1.08 bits per heavy atom. The summed E-state index contributed by atoms with van der Waals surface area (Å²) in [5, 5.41) is 3.63. The number of carbonyl (C=O) groups excluding carboxylic acids is 2. The van der Waals surface area contributed by atoms with E-state index in [1.165, 1.54) is 0 Å². The van der Waals surface area contributed by atoms with Crippen molar-refractivity contribution in [1.29, 1.82) is 0 Å². The number of amides is 1. The molecule has 3 aromatic rings. The number of anilines is 1. The number of benzene rings is 2. The first-order valence-corrected chi connectivity index (χ1v) is 7.65. The smallest absolute Gasteiger partial charge is 0.338 e. The summed E-state index contributed by atoms with van der Waals surface area (Å²) in [6.45, 7) is 4.04. The van der Waals surface area contributed by atoms with E-state index in [0.29, 0.717) is 23.4 Å². The molecule has 0 radical (unpaired) electrons. The van der Waals surface area contributed by atoms with Gasteiger partial charge < -0.3 is 14.5 Å². The molecule has 122 valence electrons. The third-order valence-electron chi connectivity index (χ3n) is 3.55. The topological polar surface area (TPSA) is 68.5 Å². The van der Waals surface area contributed by atoms with Gasteiger partial charge >= 0.3 is 5.97 Å². The average molecular weight is 323 g/mol. The molecule has 0 aliphatic carbocycles. The zero-order chi connectivity index (χ0) is 17.1. The van der Waals surface area contributed by atoms with Crippen molar-refractivity contribution >= 4 is 28.5 Å². The second-order valence-electron chi connectivity index (χ2n) is 5.40. The van der Waals surface area contributed by atoms with E-state index in [0.717, 1.165) is 10.9 Å². The number of furan rings is 1. The molecule has 5 nitrogen and oxygen atoms in total. The van der Waals surface area contributed by atoms with Crippen molar-refractivity contribution in [2.24, 2.45) is 0 Å². The van der Waals surface area contributed by atoms with Crippen molar-refractivity contribution in [3.63, 3.8) is 0 Å². The zero-order valence-electron chi connectivity index (χ0n) is 13.5. The molecular weight excluding hydrogens is 306 g/mol. The van der Waals surface area contributed by atoms with Crippen LogP contribution in [0, 0.1) is 6.92 Å². The third-order valence-corrected chi connectivity index (χ3v) is 3.55. The summed E-state index contributed by atoms with van der Waals surface area (Å²) >= 11 is 0. The van der Waals surface area contributed by atoms with Crippen LogP contribution < -0.4 is 5.32 Å². The standard InChI is InChI=1S/C19H17NO4/c1-3-23-19(22)13-6-8-15(9-7-13)20-18(21)17-11-14-5-4-12(2)10-16(14)24-17/h4-11H,3H2,1-2H3,(H,20,21). The van der Waals surface area contributed by atoms with Crippen molar-refractivity contribution < 1.29 is 18.7 Å². The van der Waals surface area contributed by atoms with E-state index in [1.807, 2.05) is 25.1 Å². The fourth-order valence-electron chi connectivity index (χ4n) is 2.35. The lowest BCUT2D eigenvalue weighted by molar-refractivity contribution is 0.0526.